The van der Waals surface area contributed by atoms with E-state index in [1.165, 1.54) is 37.3 Å². The molecular weight excluding hydrogens is 424 g/mol. The quantitative estimate of drug-likeness (QED) is 0.382. The second kappa shape index (κ2) is 8.20. The topological polar surface area (TPSA) is 94.6 Å². The molecule has 0 aliphatic heterocycles. The number of benzene rings is 2. The van der Waals surface area contributed by atoms with Crippen molar-refractivity contribution in [2.75, 3.05) is 0 Å². The van der Waals surface area contributed by atoms with E-state index >= 15 is 0 Å². The van der Waals surface area contributed by atoms with Crippen LogP contribution < -0.4 is 0 Å². The van der Waals surface area contributed by atoms with Crippen molar-refractivity contribution in [2.24, 2.45) is 5.92 Å². The van der Waals surface area contributed by atoms with Gasteiger partial charge in [-0.1, -0.05) is 48.6 Å². The molecule has 0 aromatic heterocycles. The molecule has 1 aliphatic carbocycles. The van der Waals surface area contributed by atoms with Crippen LogP contribution in [0.5, 0.6) is 0 Å². The van der Waals surface area contributed by atoms with Gasteiger partial charge in [0.15, 0.2) is 23.8 Å². The normalized spacial score (nSPS) is 19.1. The van der Waals surface area contributed by atoms with Gasteiger partial charge in [-0.3, -0.25) is 4.79 Å². The molecule has 1 atom stereocenters. The third-order valence-corrected chi connectivity index (χ3v) is 10.9. The number of ether oxygens (including phenoxy) is 1. The highest BCUT2D eigenvalue weighted by molar-refractivity contribution is 8.10. The number of rotatable bonds is 6. The van der Waals surface area contributed by atoms with E-state index in [0.717, 1.165) is 6.26 Å². The lowest BCUT2D eigenvalue weighted by Gasteiger charge is -2.29. The zero-order chi connectivity index (χ0) is 22.0. The minimum atomic E-state index is -4.30. The minimum Gasteiger partial charge on any atom is -0.435 e. The average Bonchev–Trinajstić information content (AvgIpc) is 3.08. The maximum atomic E-state index is 13.7. The van der Waals surface area contributed by atoms with Crippen molar-refractivity contribution >= 4 is 25.6 Å². The summed E-state index contributed by atoms with van der Waals surface area (Å²) in [5.74, 6) is -1.11. The van der Waals surface area contributed by atoms with Gasteiger partial charge in [-0.15, -0.1) is 0 Å². The van der Waals surface area contributed by atoms with Crippen LogP contribution in [0.4, 0.5) is 0 Å². The number of esters is 1. The largest absolute Gasteiger partial charge is 0.435 e. The lowest BCUT2D eigenvalue weighted by molar-refractivity contribution is -0.135. The van der Waals surface area contributed by atoms with Crippen molar-refractivity contribution < 1.29 is 26.4 Å². The Morgan fingerprint density at radius 2 is 1.43 bits per heavy atom. The molecule has 158 valence electrons. The first kappa shape index (κ1) is 22.0. The van der Waals surface area contributed by atoms with Gasteiger partial charge in [0.25, 0.3) is 0 Å². The fourth-order valence-corrected chi connectivity index (χ4v) is 8.82. The number of hydrogen-bond acceptors (Lipinski definition) is 6. The number of hydrogen-bond donors (Lipinski definition) is 0. The standard InChI is InChI=1S/C22H22O6S2/c1-17-15-22(16-19(17)13-14-28-18(2)23,29(24,25)20-9-5-3-6-10-20)30(26,27)21-11-7-4-8-12-21/h3-14,19H,1,15-16H2,2H3/b14-13+. The highest BCUT2D eigenvalue weighted by atomic mass is 32.3. The lowest BCUT2D eigenvalue weighted by Crippen LogP contribution is -2.44. The summed E-state index contributed by atoms with van der Waals surface area (Å²) in [6.45, 7) is 5.16. The molecule has 1 aliphatic rings. The first-order valence-corrected chi connectivity index (χ1v) is 12.2. The van der Waals surface area contributed by atoms with E-state index in [4.69, 9.17) is 4.74 Å². The van der Waals surface area contributed by atoms with Crippen LogP contribution in [0, 0.1) is 5.92 Å². The van der Waals surface area contributed by atoms with Crippen LogP contribution in [-0.4, -0.2) is 26.9 Å². The molecule has 0 spiro atoms. The maximum Gasteiger partial charge on any atom is 0.307 e. The molecule has 0 radical (unpaired) electrons. The van der Waals surface area contributed by atoms with E-state index in [2.05, 4.69) is 6.58 Å². The Balaban J connectivity index is 2.18. The summed E-state index contributed by atoms with van der Waals surface area (Å²) in [5, 5.41) is 0. The van der Waals surface area contributed by atoms with Gasteiger partial charge in [0.2, 0.25) is 0 Å². The summed E-state index contributed by atoms with van der Waals surface area (Å²) in [5.41, 5.74) is 0.442. The van der Waals surface area contributed by atoms with Crippen molar-refractivity contribution in [3.05, 3.63) is 85.2 Å². The first-order valence-electron chi connectivity index (χ1n) is 9.23. The van der Waals surface area contributed by atoms with Crippen LogP contribution in [0.2, 0.25) is 0 Å². The minimum absolute atomic E-state index is 0.0677. The van der Waals surface area contributed by atoms with Gasteiger partial charge in [-0.25, -0.2) is 16.8 Å². The number of carbonyl (C=O) groups is 1. The Morgan fingerprint density at radius 3 is 1.87 bits per heavy atom. The van der Waals surface area contributed by atoms with Crippen molar-refractivity contribution in [3.8, 4) is 0 Å². The van der Waals surface area contributed by atoms with E-state index in [1.54, 1.807) is 36.4 Å². The van der Waals surface area contributed by atoms with Crippen LogP contribution in [0.1, 0.15) is 19.8 Å². The summed E-state index contributed by atoms with van der Waals surface area (Å²) >= 11 is 0. The Morgan fingerprint density at radius 1 is 0.967 bits per heavy atom. The van der Waals surface area contributed by atoms with Crippen LogP contribution >= 0.6 is 0 Å². The number of carbonyl (C=O) groups excluding carboxylic acids is 1. The molecule has 3 rings (SSSR count). The molecular formula is C22H22O6S2. The van der Waals surface area contributed by atoms with Crippen LogP contribution in [0.25, 0.3) is 0 Å². The van der Waals surface area contributed by atoms with Crippen molar-refractivity contribution in [3.63, 3.8) is 0 Å². The van der Waals surface area contributed by atoms with E-state index in [9.17, 15) is 21.6 Å². The Bertz CT molecular complexity index is 1110. The Kier molecular flexibility index (Phi) is 6.01. The lowest BCUT2D eigenvalue weighted by atomic mass is 10.1. The third kappa shape index (κ3) is 3.73. The number of allylic oxidation sites excluding steroid dienone is 2. The summed E-state index contributed by atoms with van der Waals surface area (Å²) in [7, 11) is -8.61. The van der Waals surface area contributed by atoms with E-state index in [0.29, 0.717) is 5.57 Å². The highest BCUT2D eigenvalue weighted by Gasteiger charge is 2.60. The average molecular weight is 447 g/mol. The first-order chi connectivity index (χ1) is 14.1. The predicted molar refractivity (Wildman–Crippen MR) is 113 cm³/mol. The molecule has 0 heterocycles. The van der Waals surface area contributed by atoms with Gasteiger partial charge in [-0.05, 0) is 36.8 Å². The SMILES string of the molecule is C=C1CC(S(=O)(=O)c2ccccc2)(S(=O)(=O)c2ccccc2)CC1/C=C/OC(C)=O. The Labute approximate surface area is 176 Å². The maximum absolute atomic E-state index is 13.7. The van der Waals surface area contributed by atoms with Crippen LogP contribution in [0.15, 0.2) is 94.9 Å². The molecule has 2 aromatic rings. The van der Waals surface area contributed by atoms with Crippen molar-refractivity contribution in [1.29, 1.82) is 0 Å². The fraction of sp³-hybridized carbons (Fsp3) is 0.227. The third-order valence-electron chi connectivity index (χ3n) is 5.18. The molecule has 1 fully saturated rings. The molecule has 0 bridgehead atoms. The van der Waals surface area contributed by atoms with Gasteiger partial charge < -0.3 is 4.74 Å². The van der Waals surface area contributed by atoms with Gasteiger partial charge in [-0.2, -0.15) is 0 Å². The molecule has 30 heavy (non-hydrogen) atoms. The molecule has 8 heteroatoms. The second-order valence-corrected chi connectivity index (χ2v) is 11.9. The monoisotopic (exact) mass is 446 g/mol. The molecule has 1 saturated carbocycles. The zero-order valence-electron chi connectivity index (χ0n) is 16.4. The van der Waals surface area contributed by atoms with Crippen molar-refractivity contribution in [1.82, 2.24) is 0 Å². The molecule has 0 saturated heterocycles. The molecule has 2 aromatic carbocycles. The van der Waals surface area contributed by atoms with Crippen molar-refractivity contribution in [2.45, 2.75) is 33.6 Å². The predicted octanol–water partition coefficient (Wildman–Crippen LogP) is 3.67. The zero-order valence-corrected chi connectivity index (χ0v) is 18.0. The Hall–Kier alpha value is -2.71. The van der Waals surface area contributed by atoms with Crippen LogP contribution in [0.3, 0.4) is 0 Å². The van der Waals surface area contributed by atoms with E-state index in [1.807, 2.05) is 0 Å². The molecule has 0 N–H and O–H groups in total. The fourth-order valence-electron chi connectivity index (χ4n) is 3.65. The van der Waals surface area contributed by atoms with E-state index in [-0.39, 0.29) is 22.6 Å². The summed E-state index contributed by atoms with van der Waals surface area (Å²) < 4.78 is 57.6. The van der Waals surface area contributed by atoms with Gasteiger partial charge >= 0.3 is 5.97 Å². The van der Waals surface area contributed by atoms with Gasteiger partial charge in [0, 0.05) is 19.3 Å². The summed E-state index contributed by atoms with van der Waals surface area (Å²) in [4.78, 5) is 10.9. The van der Waals surface area contributed by atoms with Gasteiger partial charge in [0.1, 0.15) is 0 Å². The van der Waals surface area contributed by atoms with Gasteiger partial charge in [0.05, 0.1) is 16.1 Å². The summed E-state index contributed by atoms with van der Waals surface area (Å²) in [6.07, 6.45) is 2.15. The second-order valence-electron chi connectivity index (χ2n) is 7.13. The number of sulfone groups is 2. The molecule has 6 nitrogen and oxygen atoms in total. The molecule has 0 amide bonds. The summed E-state index contributed by atoms with van der Waals surface area (Å²) in [6, 6.07) is 15.1. The smallest absolute Gasteiger partial charge is 0.307 e. The van der Waals surface area contributed by atoms with Crippen LogP contribution in [-0.2, 0) is 29.2 Å². The van der Waals surface area contributed by atoms with E-state index < -0.39 is 35.6 Å². The highest BCUT2D eigenvalue weighted by Crippen LogP contribution is 2.51. The molecule has 1 unspecified atom stereocenters.